The van der Waals surface area contributed by atoms with Gasteiger partial charge in [-0.2, -0.15) is 0 Å². The lowest BCUT2D eigenvalue weighted by Crippen LogP contribution is -1.73. The van der Waals surface area contributed by atoms with E-state index in [9.17, 15) is 0 Å². The first-order valence-corrected chi connectivity index (χ1v) is 10.3. The molecule has 0 aliphatic rings. The summed E-state index contributed by atoms with van der Waals surface area (Å²) >= 11 is 6.99. The lowest BCUT2D eigenvalue weighted by molar-refractivity contribution is 1.54. The van der Waals surface area contributed by atoms with E-state index < -0.39 is 0 Å². The van der Waals surface area contributed by atoms with Crippen molar-refractivity contribution in [3.63, 3.8) is 0 Å². The van der Waals surface area contributed by atoms with Gasteiger partial charge in [-0.3, -0.25) is 0 Å². The van der Waals surface area contributed by atoms with Crippen molar-refractivity contribution in [3.05, 3.63) is 106 Å². The van der Waals surface area contributed by atoms with E-state index >= 15 is 0 Å². The Labute approximate surface area is 175 Å². The maximum atomic E-state index is 3.50. The van der Waals surface area contributed by atoms with Crippen LogP contribution in [0.5, 0.6) is 0 Å². The van der Waals surface area contributed by atoms with E-state index in [1.165, 1.54) is 32.9 Å². The topological polar surface area (TPSA) is 15.8 Å². The fourth-order valence-electron chi connectivity index (χ4n) is 3.10. The molecule has 1 nitrogen and oxygen atoms in total. The van der Waals surface area contributed by atoms with E-state index in [1.54, 1.807) is 0 Å². The van der Waals surface area contributed by atoms with Crippen molar-refractivity contribution in [2.75, 3.05) is 0 Å². The highest BCUT2D eigenvalue weighted by atomic mass is 79.9. The van der Waals surface area contributed by atoms with Crippen LogP contribution in [-0.4, -0.2) is 4.98 Å². The predicted molar refractivity (Wildman–Crippen MR) is 123 cm³/mol. The molecule has 1 aromatic heterocycles. The molecule has 0 unspecified atom stereocenters. The zero-order valence-corrected chi connectivity index (χ0v) is 17.7. The number of nitrogens with one attached hydrogen (secondary N) is 1. The third-order valence-corrected chi connectivity index (χ3v) is 5.39. The molecule has 132 valence electrons. The van der Waals surface area contributed by atoms with Crippen LogP contribution in [0.15, 0.2) is 106 Å². The van der Waals surface area contributed by atoms with Crippen molar-refractivity contribution in [2.45, 2.75) is 0 Å². The van der Waals surface area contributed by atoms with Crippen LogP contribution in [0.3, 0.4) is 0 Å². The van der Waals surface area contributed by atoms with Crippen LogP contribution >= 0.6 is 31.9 Å². The van der Waals surface area contributed by atoms with E-state index in [2.05, 4.69) is 110 Å². The SMILES string of the molecule is Brc1ccc2[nH]c3ccc(Br)cc3c2c1.c1ccc(-c2ccccc2)cc1. The van der Waals surface area contributed by atoms with Crippen molar-refractivity contribution in [3.8, 4) is 11.1 Å². The van der Waals surface area contributed by atoms with Crippen LogP contribution in [0.4, 0.5) is 0 Å². The molecule has 0 atom stereocenters. The van der Waals surface area contributed by atoms with Gasteiger partial charge in [0.1, 0.15) is 0 Å². The van der Waals surface area contributed by atoms with Gasteiger partial charge in [-0.15, -0.1) is 0 Å². The van der Waals surface area contributed by atoms with Gasteiger partial charge >= 0.3 is 0 Å². The molecule has 0 saturated carbocycles. The smallest absolute Gasteiger partial charge is 0.0465 e. The van der Waals surface area contributed by atoms with Gasteiger partial charge in [0.05, 0.1) is 0 Å². The molecule has 0 aliphatic heterocycles. The van der Waals surface area contributed by atoms with E-state index in [4.69, 9.17) is 0 Å². The molecule has 1 heterocycles. The summed E-state index contributed by atoms with van der Waals surface area (Å²) in [7, 11) is 0. The molecule has 5 aromatic rings. The molecule has 0 amide bonds. The van der Waals surface area contributed by atoms with Crippen molar-refractivity contribution in [1.82, 2.24) is 4.98 Å². The Morgan fingerprint density at radius 2 is 0.889 bits per heavy atom. The molecule has 0 spiro atoms. The largest absolute Gasteiger partial charge is 0.355 e. The summed E-state index contributed by atoms with van der Waals surface area (Å²) in [6, 6.07) is 33.3. The Morgan fingerprint density at radius 1 is 0.481 bits per heavy atom. The highest BCUT2D eigenvalue weighted by molar-refractivity contribution is 9.10. The Balaban J connectivity index is 0.000000137. The Hall–Kier alpha value is -2.36. The van der Waals surface area contributed by atoms with Gasteiger partial charge in [0.25, 0.3) is 0 Å². The summed E-state index contributed by atoms with van der Waals surface area (Å²) in [6.07, 6.45) is 0. The number of aromatic amines is 1. The second-order valence-corrected chi connectivity index (χ2v) is 8.07. The minimum absolute atomic E-state index is 1.11. The Bertz CT molecular complexity index is 1080. The van der Waals surface area contributed by atoms with E-state index in [0.717, 1.165) is 8.95 Å². The second kappa shape index (κ2) is 8.12. The minimum Gasteiger partial charge on any atom is -0.355 e. The van der Waals surface area contributed by atoms with Crippen molar-refractivity contribution in [1.29, 1.82) is 0 Å². The summed E-state index contributed by atoms with van der Waals surface area (Å²) in [5.74, 6) is 0. The standard InChI is InChI=1S/C12H7Br2N.C12H10/c13-7-1-3-11-9(5-7)10-6-8(14)2-4-12(10)15-11;1-3-7-11(8-4-1)12-9-5-2-6-10-12/h1-6,15H;1-10H. The van der Waals surface area contributed by atoms with Crippen molar-refractivity contribution < 1.29 is 0 Å². The number of benzene rings is 4. The number of fused-ring (bicyclic) bond motifs is 3. The fraction of sp³-hybridized carbons (Fsp3) is 0. The van der Waals surface area contributed by atoms with Gasteiger partial charge in [-0.1, -0.05) is 92.5 Å². The van der Waals surface area contributed by atoms with Gasteiger partial charge < -0.3 is 4.98 Å². The molecule has 5 rings (SSSR count). The molecule has 0 fully saturated rings. The molecule has 0 bridgehead atoms. The number of halogens is 2. The van der Waals surface area contributed by atoms with E-state index in [0.29, 0.717) is 0 Å². The van der Waals surface area contributed by atoms with Gasteiger partial charge in [0.15, 0.2) is 0 Å². The van der Waals surface area contributed by atoms with Crippen LogP contribution in [-0.2, 0) is 0 Å². The summed E-state index contributed by atoms with van der Waals surface area (Å²) in [6.45, 7) is 0. The van der Waals surface area contributed by atoms with Crippen LogP contribution in [0.25, 0.3) is 32.9 Å². The molecule has 0 saturated heterocycles. The maximum absolute atomic E-state index is 3.50. The molecular formula is C24H17Br2N. The van der Waals surface area contributed by atoms with Crippen LogP contribution < -0.4 is 0 Å². The Morgan fingerprint density at radius 3 is 1.30 bits per heavy atom. The van der Waals surface area contributed by atoms with Crippen LogP contribution in [0.1, 0.15) is 0 Å². The first-order chi connectivity index (χ1) is 13.2. The Kier molecular flexibility index (Phi) is 5.42. The highest BCUT2D eigenvalue weighted by Crippen LogP contribution is 2.29. The summed E-state index contributed by atoms with van der Waals surface area (Å²) in [5.41, 5.74) is 4.90. The average Bonchev–Trinajstić information content (AvgIpc) is 3.07. The molecule has 0 radical (unpaired) electrons. The summed E-state index contributed by atoms with van der Waals surface area (Å²) in [5, 5.41) is 2.50. The van der Waals surface area contributed by atoms with Crippen molar-refractivity contribution in [2.24, 2.45) is 0 Å². The van der Waals surface area contributed by atoms with Crippen LogP contribution in [0.2, 0.25) is 0 Å². The first-order valence-electron chi connectivity index (χ1n) is 8.68. The van der Waals surface area contributed by atoms with Crippen LogP contribution in [0, 0.1) is 0 Å². The summed E-state index contributed by atoms with van der Waals surface area (Å²) in [4.78, 5) is 3.39. The average molecular weight is 479 g/mol. The highest BCUT2D eigenvalue weighted by Gasteiger charge is 2.04. The van der Waals surface area contributed by atoms with Crippen molar-refractivity contribution >= 4 is 53.7 Å². The monoisotopic (exact) mass is 477 g/mol. The number of hydrogen-bond acceptors (Lipinski definition) is 0. The van der Waals surface area contributed by atoms with E-state index in [1.807, 2.05) is 24.3 Å². The van der Waals surface area contributed by atoms with Gasteiger partial charge in [0, 0.05) is 30.8 Å². The first kappa shape index (κ1) is 18.0. The molecule has 27 heavy (non-hydrogen) atoms. The normalized spacial score (nSPS) is 10.6. The third kappa shape index (κ3) is 4.15. The molecule has 0 aliphatic carbocycles. The number of H-pyrrole nitrogens is 1. The van der Waals surface area contributed by atoms with Gasteiger partial charge in [0.2, 0.25) is 0 Å². The number of rotatable bonds is 1. The van der Waals surface area contributed by atoms with E-state index in [-0.39, 0.29) is 0 Å². The number of aromatic nitrogens is 1. The third-order valence-electron chi connectivity index (χ3n) is 4.40. The summed E-state index contributed by atoms with van der Waals surface area (Å²) < 4.78 is 2.21. The number of hydrogen-bond donors (Lipinski definition) is 1. The molecular weight excluding hydrogens is 462 g/mol. The van der Waals surface area contributed by atoms with Gasteiger partial charge in [-0.05, 0) is 47.5 Å². The second-order valence-electron chi connectivity index (χ2n) is 6.24. The lowest BCUT2D eigenvalue weighted by atomic mass is 10.1. The fourth-order valence-corrected chi connectivity index (χ4v) is 3.83. The lowest BCUT2D eigenvalue weighted by Gasteiger charge is -1.98. The molecule has 4 aromatic carbocycles. The van der Waals surface area contributed by atoms with Gasteiger partial charge in [-0.25, -0.2) is 0 Å². The predicted octanol–water partition coefficient (Wildman–Crippen LogP) is 8.20. The maximum Gasteiger partial charge on any atom is 0.0465 e. The quantitative estimate of drug-likeness (QED) is 0.250. The molecule has 3 heteroatoms. The zero-order chi connectivity index (χ0) is 18.6. The minimum atomic E-state index is 1.11. The zero-order valence-electron chi connectivity index (χ0n) is 14.5. The molecule has 1 N–H and O–H groups in total.